The van der Waals surface area contributed by atoms with Gasteiger partial charge in [-0.2, -0.15) is 0 Å². The summed E-state index contributed by atoms with van der Waals surface area (Å²) in [6.07, 6.45) is 5.99. The molecule has 20 heavy (non-hydrogen) atoms. The van der Waals surface area contributed by atoms with Crippen LogP contribution in [0, 0.1) is 0 Å². The Bertz CT molecular complexity index is 442. The molecule has 2 rings (SSSR count). The summed E-state index contributed by atoms with van der Waals surface area (Å²) in [6.45, 7) is 1.74. The maximum absolute atomic E-state index is 11.8. The Hall–Kier alpha value is -1.55. The molecule has 2 N–H and O–H groups in total. The van der Waals surface area contributed by atoms with E-state index in [0.29, 0.717) is 6.04 Å². The van der Waals surface area contributed by atoms with Crippen molar-refractivity contribution >= 4 is 17.3 Å². The zero-order valence-electron chi connectivity index (χ0n) is 12.3. The molecule has 1 aliphatic carbocycles. The fourth-order valence-corrected chi connectivity index (χ4v) is 2.52. The molecule has 0 aliphatic heterocycles. The van der Waals surface area contributed by atoms with Gasteiger partial charge in [0.05, 0.1) is 0 Å². The molecule has 4 nitrogen and oxygen atoms in total. The quantitative estimate of drug-likeness (QED) is 0.866. The molecule has 1 saturated carbocycles. The van der Waals surface area contributed by atoms with Crippen LogP contribution in [-0.2, 0) is 9.53 Å². The van der Waals surface area contributed by atoms with Crippen LogP contribution in [0.25, 0.3) is 0 Å². The van der Waals surface area contributed by atoms with Gasteiger partial charge in [-0.25, -0.2) is 0 Å². The number of hydrogen-bond donors (Lipinski definition) is 2. The summed E-state index contributed by atoms with van der Waals surface area (Å²) in [5.41, 5.74) is 1.87. The molecule has 0 unspecified atom stereocenters. The molecule has 0 aromatic heterocycles. The summed E-state index contributed by atoms with van der Waals surface area (Å²) >= 11 is 0. The lowest BCUT2D eigenvalue weighted by atomic mass is 9.95. The Labute approximate surface area is 120 Å². The summed E-state index contributed by atoms with van der Waals surface area (Å²) in [6, 6.07) is 8.44. The van der Waals surface area contributed by atoms with Crippen molar-refractivity contribution < 1.29 is 9.53 Å². The first-order chi connectivity index (χ1) is 9.69. The number of benzene rings is 1. The number of carbonyl (C=O) groups is 1. The van der Waals surface area contributed by atoms with E-state index in [-0.39, 0.29) is 5.91 Å². The smallest absolute Gasteiger partial charge is 0.253 e. The van der Waals surface area contributed by atoms with E-state index in [4.69, 9.17) is 4.74 Å². The standard InChI is InChI=1S/C16H24N2O2/c1-12(20-2)16(19)18-15-10-6-9-14(11-15)17-13-7-4-3-5-8-13/h6,9-13,17H,3-5,7-8H2,1-2H3,(H,18,19)/t12-/m0/s1. The van der Waals surface area contributed by atoms with E-state index < -0.39 is 6.10 Å². The first-order valence-electron chi connectivity index (χ1n) is 7.39. The van der Waals surface area contributed by atoms with Gasteiger partial charge >= 0.3 is 0 Å². The Morgan fingerprint density at radius 3 is 2.65 bits per heavy atom. The van der Waals surface area contributed by atoms with E-state index >= 15 is 0 Å². The van der Waals surface area contributed by atoms with Crippen LogP contribution in [0.5, 0.6) is 0 Å². The second-order valence-corrected chi connectivity index (χ2v) is 5.43. The van der Waals surface area contributed by atoms with Crippen LogP contribution in [0.3, 0.4) is 0 Å². The second-order valence-electron chi connectivity index (χ2n) is 5.43. The molecule has 1 aromatic carbocycles. The summed E-state index contributed by atoms with van der Waals surface area (Å²) < 4.78 is 5.01. The molecule has 1 aromatic rings. The fourth-order valence-electron chi connectivity index (χ4n) is 2.52. The van der Waals surface area contributed by atoms with Crippen LogP contribution in [0.1, 0.15) is 39.0 Å². The first kappa shape index (κ1) is 14.9. The highest BCUT2D eigenvalue weighted by molar-refractivity contribution is 5.94. The molecule has 0 bridgehead atoms. The lowest BCUT2D eigenvalue weighted by molar-refractivity contribution is -0.124. The monoisotopic (exact) mass is 276 g/mol. The molecule has 0 heterocycles. The number of nitrogens with one attached hydrogen (secondary N) is 2. The summed E-state index contributed by atoms with van der Waals surface area (Å²) in [4.78, 5) is 11.8. The van der Waals surface area contributed by atoms with E-state index in [2.05, 4.69) is 10.6 Å². The highest BCUT2D eigenvalue weighted by atomic mass is 16.5. The minimum Gasteiger partial charge on any atom is -0.382 e. The third-order valence-corrected chi connectivity index (χ3v) is 3.83. The zero-order chi connectivity index (χ0) is 14.4. The maximum Gasteiger partial charge on any atom is 0.253 e. The van der Waals surface area contributed by atoms with Crippen molar-refractivity contribution in [2.45, 2.75) is 51.2 Å². The Morgan fingerprint density at radius 2 is 1.95 bits per heavy atom. The van der Waals surface area contributed by atoms with Crippen LogP contribution in [-0.4, -0.2) is 25.2 Å². The van der Waals surface area contributed by atoms with E-state index in [1.807, 2.05) is 24.3 Å². The number of carbonyl (C=O) groups excluding carboxylic acids is 1. The highest BCUT2D eigenvalue weighted by Crippen LogP contribution is 2.23. The Balaban J connectivity index is 1.94. The molecule has 110 valence electrons. The summed E-state index contributed by atoms with van der Waals surface area (Å²) in [5.74, 6) is -0.123. The number of rotatable bonds is 5. The van der Waals surface area contributed by atoms with Gasteiger partial charge < -0.3 is 15.4 Å². The average molecular weight is 276 g/mol. The summed E-state index contributed by atoms with van der Waals surface area (Å²) in [5, 5.41) is 6.42. The van der Waals surface area contributed by atoms with Crippen LogP contribution < -0.4 is 10.6 Å². The number of ether oxygens (including phenoxy) is 1. The predicted molar refractivity (Wildman–Crippen MR) is 82.0 cm³/mol. The molecule has 1 fully saturated rings. The normalized spacial score (nSPS) is 17.5. The SMILES string of the molecule is CO[C@@H](C)C(=O)Nc1cccc(NC2CCCCC2)c1. The second kappa shape index (κ2) is 7.29. The third-order valence-electron chi connectivity index (χ3n) is 3.83. The van der Waals surface area contributed by atoms with E-state index in [1.165, 1.54) is 39.2 Å². The number of methoxy groups -OCH3 is 1. The molecular weight excluding hydrogens is 252 g/mol. The van der Waals surface area contributed by atoms with Crippen LogP contribution >= 0.6 is 0 Å². The Kier molecular flexibility index (Phi) is 5.41. The van der Waals surface area contributed by atoms with E-state index in [1.54, 1.807) is 6.92 Å². The van der Waals surface area contributed by atoms with Crippen LogP contribution in [0.4, 0.5) is 11.4 Å². The number of anilines is 2. The van der Waals surface area contributed by atoms with E-state index in [0.717, 1.165) is 11.4 Å². The predicted octanol–water partition coefficient (Wildman–Crippen LogP) is 3.40. The van der Waals surface area contributed by atoms with Gasteiger partial charge in [0.2, 0.25) is 0 Å². The van der Waals surface area contributed by atoms with Crippen molar-refractivity contribution in [2.75, 3.05) is 17.7 Å². The van der Waals surface area contributed by atoms with Crippen molar-refractivity contribution in [1.29, 1.82) is 0 Å². The van der Waals surface area contributed by atoms with Crippen LogP contribution in [0.2, 0.25) is 0 Å². The van der Waals surface area contributed by atoms with Gasteiger partial charge in [0, 0.05) is 24.5 Å². The van der Waals surface area contributed by atoms with E-state index in [9.17, 15) is 4.79 Å². The lowest BCUT2D eigenvalue weighted by Gasteiger charge is -2.24. The van der Waals surface area contributed by atoms with Gasteiger partial charge in [-0.05, 0) is 38.0 Å². The van der Waals surface area contributed by atoms with Crippen molar-refractivity contribution in [3.63, 3.8) is 0 Å². The molecule has 1 atom stereocenters. The number of hydrogen-bond acceptors (Lipinski definition) is 3. The largest absolute Gasteiger partial charge is 0.382 e. The molecular formula is C16H24N2O2. The maximum atomic E-state index is 11.8. The van der Waals surface area contributed by atoms with Crippen molar-refractivity contribution in [3.8, 4) is 0 Å². The minimum absolute atomic E-state index is 0.123. The molecule has 0 saturated heterocycles. The van der Waals surface area contributed by atoms with Crippen LogP contribution in [0.15, 0.2) is 24.3 Å². The van der Waals surface area contributed by atoms with Crippen molar-refractivity contribution in [1.82, 2.24) is 0 Å². The Morgan fingerprint density at radius 1 is 1.25 bits per heavy atom. The van der Waals surface area contributed by atoms with Gasteiger partial charge in [-0.3, -0.25) is 4.79 Å². The van der Waals surface area contributed by atoms with Gasteiger partial charge in [0.25, 0.3) is 5.91 Å². The van der Waals surface area contributed by atoms with Gasteiger partial charge in [-0.1, -0.05) is 25.3 Å². The topological polar surface area (TPSA) is 50.4 Å². The number of amides is 1. The fraction of sp³-hybridized carbons (Fsp3) is 0.562. The molecule has 0 radical (unpaired) electrons. The minimum atomic E-state index is -0.440. The molecule has 0 spiro atoms. The first-order valence-corrected chi connectivity index (χ1v) is 7.39. The summed E-state index contributed by atoms with van der Waals surface area (Å²) in [7, 11) is 1.53. The molecule has 4 heteroatoms. The van der Waals surface area contributed by atoms with Gasteiger partial charge in [0.1, 0.15) is 6.10 Å². The molecule has 1 amide bonds. The third kappa shape index (κ3) is 4.23. The van der Waals surface area contributed by atoms with Gasteiger partial charge in [-0.15, -0.1) is 0 Å². The van der Waals surface area contributed by atoms with Gasteiger partial charge in [0.15, 0.2) is 0 Å². The highest BCUT2D eigenvalue weighted by Gasteiger charge is 2.14. The average Bonchev–Trinajstić information content (AvgIpc) is 2.47. The van der Waals surface area contributed by atoms with Crippen molar-refractivity contribution in [2.24, 2.45) is 0 Å². The lowest BCUT2D eigenvalue weighted by Crippen LogP contribution is -2.26. The molecule has 1 aliphatic rings. The zero-order valence-corrected chi connectivity index (χ0v) is 12.3. The van der Waals surface area contributed by atoms with Crippen molar-refractivity contribution in [3.05, 3.63) is 24.3 Å².